The van der Waals surface area contributed by atoms with Crippen molar-refractivity contribution in [3.8, 4) is 67.9 Å². The molecule has 1 saturated heterocycles. The molecule has 11 rings (SSSR count). The molecule has 2 unspecified atom stereocenters. The molecule has 6 aromatic rings. The lowest BCUT2D eigenvalue weighted by molar-refractivity contribution is -0.894. The first kappa shape index (κ1) is 85.7. The average Bonchev–Trinajstić information content (AvgIpc) is 0.854. The van der Waals surface area contributed by atoms with Crippen molar-refractivity contribution < 1.29 is 149 Å². The number of phenols is 2. The number of hydrogen-bond acceptors (Lipinski definition) is 22. The molecule has 1 fully saturated rings. The molecule has 27 nitrogen and oxygen atoms in total. The second kappa shape index (κ2) is 36.3. The Kier molecular flexibility index (Phi) is 28.1. The zero-order chi connectivity index (χ0) is 82.0. The zero-order valence-corrected chi connectivity index (χ0v) is 60.6. The molecular formula is C70H57F10N4O23P2S2-. The molecule has 0 radical (unpaired) electrons. The Morgan fingerprint density at radius 2 is 0.937 bits per heavy atom. The fraction of sp³-hybridized carbons (Fsp3) is 0.200. The summed E-state index contributed by atoms with van der Waals surface area (Å²) in [7, 11) is -9.70. The van der Waals surface area contributed by atoms with Crippen molar-refractivity contribution in [2.75, 3.05) is 44.2 Å². The number of hydroxylamine groups is 2. The van der Waals surface area contributed by atoms with E-state index in [9.17, 15) is 95.3 Å². The van der Waals surface area contributed by atoms with Crippen LogP contribution in [0.1, 0.15) is 65.5 Å². The highest BCUT2D eigenvalue weighted by Gasteiger charge is 2.38. The van der Waals surface area contributed by atoms with Gasteiger partial charge in [-0.1, -0.05) is 24.3 Å². The summed E-state index contributed by atoms with van der Waals surface area (Å²) < 4.78 is 192. The van der Waals surface area contributed by atoms with Gasteiger partial charge in [-0.3, -0.25) is 33.1 Å². The quantitative estimate of drug-likeness (QED) is 0.00719. The first-order valence-corrected chi connectivity index (χ1v) is 37.0. The molecule has 3 aliphatic heterocycles. The minimum Gasteiger partial charge on any atom is -0.746 e. The van der Waals surface area contributed by atoms with E-state index in [4.69, 9.17) is 24.4 Å². The molecule has 2 aliphatic carbocycles. The number of phosphoric acid groups is 2. The Balaban J connectivity index is 0.000000222. The largest absolute Gasteiger partial charge is 0.746 e. The number of nitrogens with zero attached hydrogens (tertiary/aromatic N) is 1. The van der Waals surface area contributed by atoms with Gasteiger partial charge in [0.25, 0.3) is 11.8 Å². The second-order valence-corrected chi connectivity index (χ2v) is 27.5. The normalized spacial score (nSPS) is 13.1. The van der Waals surface area contributed by atoms with Gasteiger partial charge in [-0.15, -0.1) is 28.6 Å². The lowest BCUT2D eigenvalue weighted by Gasteiger charge is -2.20. The van der Waals surface area contributed by atoms with E-state index in [0.29, 0.717) is 67.1 Å². The molecule has 6 aromatic carbocycles. The van der Waals surface area contributed by atoms with Gasteiger partial charge in [-0.25, -0.2) is 58.3 Å². The van der Waals surface area contributed by atoms with Crippen LogP contribution in [0.15, 0.2) is 125 Å². The van der Waals surface area contributed by atoms with Crippen LogP contribution in [0.2, 0.25) is 0 Å². The summed E-state index contributed by atoms with van der Waals surface area (Å²) in [6.45, 7) is 11.0. The molecule has 2 atom stereocenters. The van der Waals surface area contributed by atoms with Crippen LogP contribution in [0.5, 0.6) is 23.0 Å². The molecule has 0 aromatic heterocycles. The smallest absolute Gasteiger partial charge is 0.343 e. The van der Waals surface area contributed by atoms with Gasteiger partial charge in [0.2, 0.25) is 16.8 Å². The highest BCUT2D eigenvalue weighted by molar-refractivity contribution is 8.00. The number of imide groups is 1. The predicted molar refractivity (Wildman–Crippen MR) is 370 cm³/mol. The van der Waals surface area contributed by atoms with Crippen LogP contribution in [-0.4, -0.2) is 115 Å². The minimum absolute atomic E-state index is 0.0284. The zero-order valence-electron chi connectivity index (χ0n) is 57.2. The van der Waals surface area contributed by atoms with Crippen molar-refractivity contribution in [2.24, 2.45) is 5.73 Å². The molecule has 111 heavy (non-hydrogen) atoms. The van der Waals surface area contributed by atoms with Gasteiger partial charge in [0.1, 0.15) is 56.9 Å². The number of fused-ring (bicyclic) bond motifs is 4. The number of carboxylic acids is 2. The topological polar surface area (TPSA) is 438 Å². The number of quaternary nitrogens is 1. The van der Waals surface area contributed by atoms with E-state index in [2.05, 4.69) is 40.0 Å². The summed E-state index contributed by atoms with van der Waals surface area (Å²) in [6.07, 6.45) is 0.415. The maximum Gasteiger partial charge on any atom is 0.343 e. The van der Waals surface area contributed by atoms with E-state index >= 15 is 26.3 Å². The number of aromatic hydroxyl groups is 2. The number of phosphoric ester groups is 2. The molecule has 5 aliphatic rings. The van der Waals surface area contributed by atoms with E-state index in [1.807, 2.05) is 0 Å². The number of halogens is 10. The monoisotopic (exact) mass is 1640 g/mol. The third-order valence-corrected chi connectivity index (χ3v) is 19.0. The molecular weight excluding hydrogens is 1580 g/mol. The fourth-order valence-corrected chi connectivity index (χ4v) is 13.2. The maximum atomic E-state index is 16.3. The van der Waals surface area contributed by atoms with Crippen LogP contribution < -0.4 is 45.6 Å². The first-order chi connectivity index (χ1) is 52.2. The van der Waals surface area contributed by atoms with Crippen molar-refractivity contribution in [2.45, 2.75) is 56.2 Å². The highest BCUT2D eigenvalue weighted by atomic mass is 32.2. The number of thioether (sulfide) groups is 2. The van der Waals surface area contributed by atoms with Crippen molar-refractivity contribution >= 4 is 96.7 Å². The van der Waals surface area contributed by atoms with Crippen LogP contribution >= 0.6 is 39.2 Å². The molecule has 0 bridgehead atoms. The summed E-state index contributed by atoms with van der Waals surface area (Å²) in [6, 6.07) is 16.3. The van der Waals surface area contributed by atoms with Crippen LogP contribution in [0.25, 0.3) is 66.8 Å². The second-order valence-electron chi connectivity index (χ2n) is 23.2. The van der Waals surface area contributed by atoms with E-state index in [0.717, 1.165) is 5.56 Å². The Morgan fingerprint density at radius 1 is 0.550 bits per heavy atom. The number of carboxylic acid groups (broad SMARTS) is 2. The lowest BCUT2D eigenvalue weighted by Crippen LogP contribution is -3.11. The van der Waals surface area contributed by atoms with Gasteiger partial charge in [-0.05, 0) is 99.8 Å². The number of phenolic OH excluding ortho intramolecular Hbond substituents is 2. The van der Waals surface area contributed by atoms with E-state index in [-0.39, 0.29) is 65.9 Å². The number of carbonyl (C=O) groups excluding carboxylic acids is 4. The van der Waals surface area contributed by atoms with E-state index in [1.54, 1.807) is 17.0 Å². The molecule has 0 saturated carbocycles. The van der Waals surface area contributed by atoms with Crippen LogP contribution in [0.3, 0.4) is 0 Å². The average molecular weight is 1640 g/mol. The SMILES string of the molecule is CC[NH+](CC)CC.NCCc1ccc(OP(=O)([O-])O)cc1.O=C(CSc1c(F)c(F)c(C(=O)O)c(-c2c3cc(F)c(=O)cc-3oc3cc(O)c(F)cc23)c1F)NCCc1ccc(OP(=O)([O-])O)cc1.O=C(CSc1c(F)c(F)c(C(=O)O)c(-c2c3cc(F)c(=O)cc-3oc3cc(O)c(F)cc23)c1F)ON1C(=O)CCC1=O. The molecule has 588 valence electrons. The van der Waals surface area contributed by atoms with Crippen molar-refractivity contribution in [3.63, 3.8) is 0 Å². The van der Waals surface area contributed by atoms with Crippen molar-refractivity contribution in [3.05, 3.63) is 198 Å². The number of nitrogens with one attached hydrogen (secondary N) is 2. The number of carbonyl (C=O) groups is 6. The molecule has 3 amide bonds. The number of rotatable bonds is 23. The lowest BCUT2D eigenvalue weighted by atomic mass is 9.89. The van der Waals surface area contributed by atoms with Gasteiger partial charge in [0.05, 0.1) is 40.9 Å². The summed E-state index contributed by atoms with van der Waals surface area (Å²) in [5, 5.41) is 40.8. The molecule has 0 spiro atoms. The van der Waals surface area contributed by atoms with Gasteiger partial charge < -0.3 is 78.7 Å². The summed E-state index contributed by atoms with van der Waals surface area (Å²) in [5.74, 6) is -30.3. The summed E-state index contributed by atoms with van der Waals surface area (Å²) in [5.41, 5.74) is -4.62. The number of amides is 3. The Bertz CT molecular complexity index is 5440. The van der Waals surface area contributed by atoms with Gasteiger partial charge in [0.15, 0.2) is 58.0 Å². The van der Waals surface area contributed by atoms with Gasteiger partial charge >= 0.3 is 33.6 Å². The van der Waals surface area contributed by atoms with E-state index in [1.165, 1.54) is 56.0 Å². The van der Waals surface area contributed by atoms with E-state index < -0.39 is 231 Å². The third-order valence-electron chi connectivity index (χ3n) is 16.0. The standard InChI is InChI=1S/C30H19F5NO10PS.C26H12F5NO9S.C8H12NO4P.C6H15N/c31-16-7-14-20(9-18(16)37)45-21-10-19(38)17(32)8-15(21)23(14)24-25(30(40)41)26(33)28(35)29(27(24)34)48-11-22(39)36-6-5-12-1-3-13(4-2-12)46-47(42,43)44;27-10-3-8-14(5-12(10)33)40-15-6-13(34)11(28)4-9(15)19(8)20-21(26(38)39)22(29)24(31)25(23(20)30)42-7-18(37)41-32-16(35)1-2-17(32)36;9-6-5-7-1-3-8(4-2-7)13-14(10,11)12;1-4-7(5-2)6-3/h1-4,7-10,37H,5-6,11H2,(H,36,39)(H,40,41)(H2,42,43,44);3-6,33H,1-2,7H2,(H,38,39);1-4H,5-6,9H2,(H2,10,11,12);4-6H2,1-3H3/p-1. The minimum atomic E-state index is -5.01. The molecule has 10 N–H and O–H groups in total. The Hall–Kier alpha value is -10.9. The van der Waals surface area contributed by atoms with Gasteiger partial charge in [-0.2, -0.15) is 0 Å². The number of benzene rings is 8. The summed E-state index contributed by atoms with van der Waals surface area (Å²) >= 11 is 0.112. The maximum absolute atomic E-state index is 16.3. The number of nitrogens with two attached hydrogens (primary N) is 1. The summed E-state index contributed by atoms with van der Waals surface area (Å²) in [4.78, 5) is 138. The molecule has 41 heteroatoms. The highest BCUT2D eigenvalue weighted by Crippen LogP contribution is 2.49. The fourth-order valence-electron chi connectivity index (χ4n) is 10.8. The Labute approximate surface area is 625 Å². The van der Waals surface area contributed by atoms with Gasteiger partial charge in [0, 0.05) is 87.8 Å². The Morgan fingerprint density at radius 3 is 1.30 bits per heavy atom. The number of aromatic carboxylic acids is 2. The predicted octanol–water partition coefficient (Wildman–Crippen LogP) is 9.28. The third kappa shape index (κ3) is 20.6. The van der Waals surface area contributed by atoms with Crippen LogP contribution in [-0.2, 0) is 46.0 Å². The molecule has 3 heterocycles. The number of hydrogen-bond donors (Lipinski definition) is 9. The first-order valence-electron chi connectivity index (χ1n) is 32.0. The van der Waals surface area contributed by atoms with Crippen LogP contribution in [0.4, 0.5) is 43.9 Å². The van der Waals surface area contributed by atoms with Crippen molar-refractivity contribution in [1.82, 2.24) is 10.4 Å². The van der Waals surface area contributed by atoms with Crippen LogP contribution in [0, 0.1) is 58.2 Å². The van der Waals surface area contributed by atoms with Crippen molar-refractivity contribution in [1.29, 1.82) is 0 Å².